The number of fused-ring (bicyclic) bond motifs is 6. The first-order chi connectivity index (χ1) is 35.2. The van der Waals surface area contributed by atoms with E-state index in [1.54, 1.807) is 0 Å². The van der Waals surface area contributed by atoms with Crippen molar-refractivity contribution in [3.8, 4) is 50.2 Å². The molecule has 13 rings (SSSR count). The Morgan fingerprint density at radius 1 is 0.310 bits per heavy atom. The van der Waals surface area contributed by atoms with Gasteiger partial charge in [0.05, 0.1) is 11.0 Å². The predicted octanol–water partition coefficient (Wildman–Crippen LogP) is 18.1. The van der Waals surface area contributed by atoms with E-state index < -0.39 is 0 Å². The van der Waals surface area contributed by atoms with E-state index in [-0.39, 0.29) is 5.92 Å². The van der Waals surface area contributed by atoms with E-state index in [0.29, 0.717) is 0 Å². The molecule has 0 radical (unpaired) electrons. The smallest absolute Gasteiger partial charge is 0.0541 e. The highest BCUT2D eigenvalue weighted by Gasteiger charge is 2.29. The SMILES string of the molecule is c1ccc(C(=C2c3ccccc3-c3ccc(C(Cc4ccc(-c5ccc6c(c5)c5ccccc5n6-c5ccccc5)cc4)c4ccc(-c5cccc(-c6ccccc6)c5)cc4)cc32)c2ccccc2)cc1. The van der Waals surface area contributed by atoms with Gasteiger partial charge in [0.25, 0.3) is 0 Å². The number of rotatable bonds is 10. The van der Waals surface area contributed by atoms with Crippen molar-refractivity contribution < 1.29 is 0 Å². The zero-order valence-electron chi connectivity index (χ0n) is 39.3. The van der Waals surface area contributed by atoms with Crippen molar-refractivity contribution in [1.29, 1.82) is 0 Å². The van der Waals surface area contributed by atoms with Gasteiger partial charge in [0, 0.05) is 22.4 Å². The summed E-state index contributed by atoms with van der Waals surface area (Å²) in [6.07, 6.45) is 0.849. The second-order valence-electron chi connectivity index (χ2n) is 18.8. The summed E-state index contributed by atoms with van der Waals surface area (Å²) in [7, 11) is 0. The molecule has 12 aromatic rings. The van der Waals surface area contributed by atoms with Crippen molar-refractivity contribution in [3.05, 3.63) is 318 Å². The summed E-state index contributed by atoms with van der Waals surface area (Å²) in [5.74, 6) is 0.0955. The van der Waals surface area contributed by atoms with Crippen LogP contribution in [0.15, 0.2) is 279 Å². The first kappa shape index (κ1) is 42.1. The van der Waals surface area contributed by atoms with Gasteiger partial charge in [-0.2, -0.15) is 0 Å². The molecule has 11 aromatic carbocycles. The van der Waals surface area contributed by atoms with Crippen molar-refractivity contribution in [2.24, 2.45) is 0 Å². The number of aromatic nitrogens is 1. The summed E-state index contributed by atoms with van der Waals surface area (Å²) in [6.45, 7) is 0. The Labute approximate surface area is 415 Å². The molecular weight excluding hydrogens is 855 g/mol. The van der Waals surface area contributed by atoms with Gasteiger partial charge in [-0.1, -0.05) is 237 Å². The lowest BCUT2D eigenvalue weighted by atomic mass is 9.82. The highest BCUT2D eigenvalue weighted by molar-refractivity contribution is 6.14. The van der Waals surface area contributed by atoms with Gasteiger partial charge in [-0.25, -0.2) is 0 Å². The van der Waals surface area contributed by atoms with Crippen molar-refractivity contribution in [2.75, 3.05) is 0 Å². The van der Waals surface area contributed by atoms with Crippen LogP contribution in [0.2, 0.25) is 0 Å². The maximum absolute atomic E-state index is 2.51. The molecule has 1 aliphatic rings. The van der Waals surface area contributed by atoms with Gasteiger partial charge in [0.15, 0.2) is 0 Å². The standard InChI is InChI=1S/C70H49N/c1-5-18-49(19-6-1)55-24-17-25-56(45-55)51-36-38-52(39-37-51)64(44-48-32-34-50(35-33-48)57-41-43-68-65(46-57)62-29-15-16-31-67(62)71(68)59-26-11-4-12-27-59)58-40-42-61-60-28-13-14-30-63(60)70(66(61)47-58)69(53-20-7-2-8-21-53)54-22-9-3-10-23-54/h1-43,45-47,64H,44H2. The molecule has 1 heteroatoms. The predicted molar refractivity (Wildman–Crippen MR) is 299 cm³/mol. The number of para-hydroxylation sites is 2. The maximum Gasteiger partial charge on any atom is 0.0541 e. The Kier molecular flexibility index (Phi) is 10.7. The minimum atomic E-state index is 0.0955. The summed E-state index contributed by atoms with van der Waals surface area (Å²) in [5, 5.41) is 2.52. The van der Waals surface area contributed by atoms with E-state index in [1.165, 1.54) is 122 Å². The zero-order valence-corrected chi connectivity index (χ0v) is 39.3. The fraction of sp³-hybridized carbons (Fsp3) is 0.0286. The lowest BCUT2D eigenvalue weighted by Gasteiger charge is -2.21. The topological polar surface area (TPSA) is 4.93 Å². The summed E-state index contributed by atoms with van der Waals surface area (Å²) in [6, 6.07) is 103. The van der Waals surface area contributed by atoms with Gasteiger partial charge >= 0.3 is 0 Å². The van der Waals surface area contributed by atoms with Gasteiger partial charge in [0.1, 0.15) is 0 Å². The molecule has 0 fully saturated rings. The molecule has 0 saturated heterocycles. The molecule has 1 aliphatic carbocycles. The zero-order chi connectivity index (χ0) is 47.1. The van der Waals surface area contributed by atoms with Crippen LogP contribution in [-0.4, -0.2) is 4.57 Å². The van der Waals surface area contributed by atoms with E-state index in [1.807, 2.05) is 0 Å². The minimum Gasteiger partial charge on any atom is -0.309 e. The number of hydrogen-bond acceptors (Lipinski definition) is 0. The van der Waals surface area contributed by atoms with Crippen molar-refractivity contribution >= 4 is 33.0 Å². The van der Waals surface area contributed by atoms with Gasteiger partial charge in [-0.3, -0.25) is 0 Å². The second kappa shape index (κ2) is 18.1. The Balaban J connectivity index is 0.911. The molecule has 0 saturated carbocycles. The third-order valence-corrected chi connectivity index (χ3v) is 14.6. The number of nitrogens with zero attached hydrogens (tertiary/aromatic N) is 1. The molecule has 0 aliphatic heterocycles. The minimum absolute atomic E-state index is 0.0955. The third kappa shape index (κ3) is 7.79. The average molecular weight is 904 g/mol. The molecular formula is C70H49N. The molecule has 1 nitrogen and oxygen atoms in total. The lowest BCUT2D eigenvalue weighted by Crippen LogP contribution is -2.06. The van der Waals surface area contributed by atoms with Crippen molar-refractivity contribution in [3.63, 3.8) is 0 Å². The molecule has 1 atom stereocenters. The van der Waals surface area contributed by atoms with E-state index in [9.17, 15) is 0 Å². The van der Waals surface area contributed by atoms with Crippen LogP contribution in [-0.2, 0) is 6.42 Å². The molecule has 0 N–H and O–H groups in total. The Morgan fingerprint density at radius 2 is 0.803 bits per heavy atom. The first-order valence-electron chi connectivity index (χ1n) is 24.7. The van der Waals surface area contributed by atoms with Gasteiger partial charge in [-0.15, -0.1) is 0 Å². The van der Waals surface area contributed by atoms with Crippen LogP contribution < -0.4 is 0 Å². The van der Waals surface area contributed by atoms with Crippen LogP contribution in [0.4, 0.5) is 0 Å². The van der Waals surface area contributed by atoms with Crippen LogP contribution in [0.3, 0.4) is 0 Å². The third-order valence-electron chi connectivity index (χ3n) is 14.6. The fourth-order valence-electron chi connectivity index (χ4n) is 11.2. The molecule has 0 spiro atoms. The Bertz CT molecular complexity index is 3860. The summed E-state index contributed by atoms with van der Waals surface area (Å²) in [5.41, 5.74) is 24.9. The van der Waals surface area contributed by atoms with Crippen molar-refractivity contribution in [1.82, 2.24) is 4.57 Å². The van der Waals surface area contributed by atoms with Crippen LogP contribution in [0.1, 0.15) is 44.9 Å². The normalized spacial score (nSPS) is 12.2. The highest BCUT2D eigenvalue weighted by atomic mass is 15.0. The largest absolute Gasteiger partial charge is 0.309 e. The maximum atomic E-state index is 2.51. The second-order valence-corrected chi connectivity index (χ2v) is 18.8. The van der Waals surface area contributed by atoms with Crippen LogP contribution in [0.5, 0.6) is 0 Å². The molecule has 71 heavy (non-hydrogen) atoms. The fourth-order valence-corrected chi connectivity index (χ4v) is 11.2. The van der Waals surface area contributed by atoms with Gasteiger partial charge < -0.3 is 4.57 Å². The molecule has 334 valence electrons. The van der Waals surface area contributed by atoms with Crippen LogP contribution in [0, 0.1) is 0 Å². The molecule has 0 amide bonds. The summed E-state index contributed by atoms with van der Waals surface area (Å²) in [4.78, 5) is 0. The molecule has 1 unspecified atom stereocenters. The highest BCUT2D eigenvalue weighted by Crippen LogP contribution is 2.50. The Hall–Kier alpha value is -9.04. The van der Waals surface area contributed by atoms with Gasteiger partial charge in [-0.05, 0) is 143 Å². The number of benzene rings is 11. The molecule has 0 bridgehead atoms. The average Bonchev–Trinajstić information content (AvgIpc) is 3.96. The van der Waals surface area contributed by atoms with E-state index >= 15 is 0 Å². The summed E-state index contributed by atoms with van der Waals surface area (Å²) < 4.78 is 2.38. The van der Waals surface area contributed by atoms with E-state index in [0.717, 1.165) is 6.42 Å². The first-order valence-corrected chi connectivity index (χ1v) is 24.7. The lowest BCUT2D eigenvalue weighted by molar-refractivity contribution is 0.805. The molecule has 1 aromatic heterocycles. The Morgan fingerprint density at radius 3 is 1.49 bits per heavy atom. The quantitative estimate of drug-likeness (QED) is 0.129. The van der Waals surface area contributed by atoms with Crippen LogP contribution in [0.25, 0.3) is 83.1 Å². The number of hydrogen-bond donors (Lipinski definition) is 0. The van der Waals surface area contributed by atoms with E-state index in [2.05, 4.69) is 284 Å². The monoisotopic (exact) mass is 903 g/mol. The van der Waals surface area contributed by atoms with Gasteiger partial charge in [0.2, 0.25) is 0 Å². The van der Waals surface area contributed by atoms with E-state index in [4.69, 9.17) is 0 Å². The van der Waals surface area contributed by atoms with Crippen LogP contribution >= 0.6 is 0 Å². The van der Waals surface area contributed by atoms with Crippen molar-refractivity contribution in [2.45, 2.75) is 12.3 Å². The summed E-state index contributed by atoms with van der Waals surface area (Å²) >= 11 is 0. The molecule has 1 heterocycles.